The number of likely N-dealkylation sites (N-methyl/N-ethyl adjacent to an activating group) is 1. The Labute approximate surface area is 150 Å². The van der Waals surface area contributed by atoms with Crippen LogP contribution in [0.4, 0.5) is 5.82 Å². The van der Waals surface area contributed by atoms with Gasteiger partial charge >= 0.3 is 0 Å². The normalized spacial score (nSPS) is 11.7. The minimum atomic E-state index is 0.0361. The number of anilines is 1. The van der Waals surface area contributed by atoms with Gasteiger partial charge in [0.05, 0.1) is 7.11 Å². The molecule has 1 amide bonds. The molecule has 5 nitrogen and oxygen atoms in total. The van der Waals surface area contributed by atoms with Gasteiger partial charge in [-0.2, -0.15) is 0 Å². The van der Waals surface area contributed by atoms with Gasteiger partial charge in [-0.25, -0.2) is 4.98 Å². The molecule has 0 N–H and O–H groups in total. The van der Waals surface area contributed by atoms with E-state index < -0.39 is 0 Å². The fourth-order valence-corrected chi connectivity index (χ4v) is 2.83. The molecule has 0 bridgehead atoms. The number of methoxy groups -OCH3 is 1. The largest absolute Gasteiger partial charge is 0.497 e. The Morgan fingerprint density at radius 3 is 2.44 bits per heavy atom. The minimum absolute atomic E-state index is 0.0361. The van der Waals surface area contributed by atoms with Crippen LogP contribution in [0.15, 0.2) is 42.6 Å². The molecule has 0 aliphatic heterocycles. The Morgan fingerprint density at radius 2 is 1.88 bits per heavy atom. The number of carbonyl (C=O) groups is 1. The molecule has 0 saturated carbocycles. The molecule has 1 aromatic carbocycles. The maximum atomic E-state index is 12.9. The van der Waals surface area contributed by atoms with Crippen molar-refractivity contribution in [3.8, 4) is 5.75 Å². The number of rotatable bonds is 7. The van der Waals surface area contributed by atoms with Crippen molar-refractivity contribution in [2.24, 2.45) is 0 Å². The highest BCUT2D eigenvalue weighted by molar-refractivity contribution is 5.95. The van der Waals surface area contributed by atoms with E-state index in [-0.39, 0.29) is 11.9 Å². The molecule has 2 aromatic rings. The lowest BCUT2D eigenvalue weighted by Gasteiger charge is -2.28. The van der Waals surface area contributed by atoms with Crippen molar-refractivity contribution in [1.29, 1.82) is 0 Å². The van der Waals surface area contributed by atoms with Crippen molar-refractivity contribution in [3.05, 3.63) is 53.7 Å². The van der Waals surface area contributed by atoms with Gasteiger partial charge in [-0.1, -0.05) is 12.1 Å². The van der Waals surface area contributed by atoms with E-state index in [0.29, 0.717) is 12.1 Å². The zero-order valence-electron chi connectivity index (χ0n) is 15.7. The second-order valence-corrected chi connectivity index (χ2v) is 6.29. The van der Waals surface area contributed by atoms with Crippen LogP contribution in [0.3, 0.4) is 0 Å². The SMILES string of the molecule is CCN(C(=O)c1ccnc(N(C)C)c1)C(C)Cc1ccc(OC)cc1. The highest BCUT2D eigenvalue weighted by atomic mass is 16.5. The van der Waals surface area contributed by atoms with Crippen molar-refractivity contribution in [1.82, 2.24) is 9.88 Å². The van der Waals surface area contributed by atoms with Crippen molar-refractivity contribution < 1.29 is 9.53 Å². The number of carbonyl (C=O) groups excluding carboxylic acids is 1. The molecule has 1 aromatic heterocycles. The van der Waals surface area contributed by atoms with Gasteiger partial charge in [-0.3, -0.25) is 4.79 Å². The zero-order valence-corrected chi connectivity index (χ0v) is 15.7. The minimum Gasteiger partial charge on any atom is -0.497 e. The Balaban J connectivity index is 2.13. The third-order valence-corrected chi connectivity index (χ3v) is 4.27. The van der Waals surface area contributed by atoms with Crippen LogP contribution in [-0.2, 0) is 6.42 Å². The topological polar surface area (TPSA) is 45.7 Å². The first-order valence-corrected chi connectivity index (χ1v) is 8.53. The van der Waals surface area contributed by atoms with Gasteiger partial charge in [0.15, 0.2) is 0 Å². The molecule has 0 fully saturated rings. The van der Waals surface area contributed by atoms with Crippen LogP contribution in [0.25, 0.3) is 0 Å². The molecule has 1 unspecified atom stereocenters. The van der Waals surface area contributed by atoms with Crippen LogP contribution < -0.4 is 9.64 Å². The maximum absolute atomic E-state index is 12.9. The molecule has 0 saturated heterocycles. The number of hydrogen-bond acceptors (Lipinski definition) is 4. The van der Waals surface area contributed by atoms with E-state index in [1.54, 1.807) is 19.4 Å². The molecule has 134 valence electrons. The van der Waals surface area contributed by atoms with E-state index >= 15 is 0 Å². The summed E-state index contributed by atoms with van der Waals surface area (Å²) in [5, 5.41) is 0. The van der Waals surface area contributed by atoms with Crippen molar-refractivity contribution >= 4 is 11.7 Å². The predicted octanol–water partition coefficient (Wildman–Crippen LogP) is 3.25. The van der Waals surface area contributed by atoms with E-state index in [1.807, 2.05) is 61.2 Å². The van der Waals surface area contributed by atoms with E-state index in [4.69, 9.17) is 4.74 Å². The summed E-state index contributed by atoms with van der Waals surface area (Å²) in [5.41, 5.74) is 1.85. The summed E-state index contributed by atoms with van der Waals surface area (Å²) in [6, 6.07) is 11.7. The van der Waals surface area contributed by atoms with Gasteiger partial charge in [0.1, 0.15) is 11.6 Å². The average Bonchev–Trinajstić information content (AvgIpc) is 2.63. The van der Waals surface area contributed by atoms with Crippen molar-refractivity contribution in [2.45, 2.75) is 26.3 Å². The number of benzene rings is 1. The van der Waals surface area contributed by atoms with Gasteiger partial charge in [0.25, 0.3) is 5.91 Å². The van der Waals surface area contributed by atoms with E-state index in [2.05, 4.69) is 11.9 Å². The smallest absolute Gasteiger partial charge is 0.254 e. The van der Waals surface area contributed by atoms with Gasteiger partial charge in [-0.15, -0.1) is 0 Å². The lowest BCUT2D eigenvalue weighted by Crippen LogP contribution is -2.39. The van der Waals surface area contributed by atoms with Crippen LogP contribution in [0, 0.1) is 0 Å². The summed E-state index contributed by atoms with van der Waals surface area (Å²) in [6.45, 7) is 4.76. The number of hydrogen-bond donors (Lipinski definition) is 0. The summed E-state index contributed by atoms with van der Waals surface area (Å²) in [6.07, 6.45) is 2.49. The summed E-state index contributed by atoms with van der Waals surface area (Å²) in [7, 11) is 5.49. The van der Waals surface area contributed by atoms with Crippen molar-refractivity contribution in [3.63, 3.8) is 0 Å². The van der Waals surface area contributed by atoms with E-state index in [9.17, 15) is 4.79 Å². The average molecular weight is 341 g/mol. The van der Waals surface area contributed by atoms with Crippen LogP contribution in [0.5, 0.6) is 5.75 Å². The van der Waals surface area contributed by atoms with E-state index in [0.717, 1.165) is 18.0 Å². The first kappa shape index (κ1) is 18.8. The monoisotopic (exact) mass is 341 g/mol. The fraction of sp³-hybridized carbons (Fsp3) is 0.400. The Hall–Kier alpha value is -2.56. The maximum Gasteiger partial charge on any atom is 0.254 e. The Bertz CT molecular complexity index is 698. The fourth-order valence-electron chi connectivity index (χ4n) is 2.83. The Morgan fingerprint density at radius 1 is 1.20 bits per heavy atom. The number of nitrogens with zero attached hydrogens (tertiary/aromatic N) is 3. The summed E-state index contributed by atoms with van der Waals surface area (Å²) in [5.74, 6) is 1.66. The molecule has 0 aliphatic carbocycles. The van der Waals surface area contributed by atoms with Gasteiger partial charge in [-0.05, 0) is 50.1 Å². The van der Waals surface area contributed by atoms with Gasteiger partial charge in [0, 0.05) is 38.4 Å². The molecule has 1 atom stereocenters. The lowest BCUT2D eigenvalue weighted by atomic mass is 10.0. The summed E-state index contributed by atoms with van der Waals surface area (Å²) in [4.78, 5) is 21.0. The van der Waals surface area contributed by atoms with Crippen molar-refractivity contribution in [2.75, 3.05) is 32.6 Å². The molecule has 1 heterocycles. The summed E-state index contributed by atoms with van der Waals surface area (Å²) >= 11 is 0. The van der Waals surface area contributed by atoms with Crippen LogP contribution >= 0.6 is 0 Å². The number of pyridine rings is 1. The first-order valence-electron chi connectivity index (χ1n) is 8.53. The third kappa shape index (κ3) is 4.72. The quantitative estimate of drug-likeness (QED) is 0.775. The number of ether oxygens (including phenoxy) is 1. The van der Waals surface area contributed by atoms with Crippen LogP contribution in [0.1, 0.15) is 29.8 Å². The lowest BCUT2D eigenvalue weighted by molar-refractivity contribution is 0.0703. The molecule has 0 aliphatic rings. The van der Waals surface area contributed by atoms with Crippen LogP contribution in [-0.4, -0.2) is 49.6 Å². The van der Waals surface area contributed by atoms with Crippen LogP contribution in [0.2, 0.25) is 0 Å². The summed E-state index contributed by atoms with van der Waals surface area (Å²) < 4.78 is 5.19. The molecular formula is C20H27N3O2. The molecule has 5 heteroatoms. The molecule has 0 spiro atoms. The highest BCUT2D eigenvalue weighted by Crippen LogP contribution is 2.17. The first-order chi connectivity index (χ1) is 12.0. The second kappa shape index (κ2) is 8.51. The standard InChI is InChI=1S/C20H27N3O2/c1-6-23(15(2)13-16-7-9-18(25-5)10-8-16)20(24)17-11-12-21-19(14-17)22(3)4/h7-12,14-15H,6,13H2,1-5H3. The van der Waals surface area contributed by atoms with E-state index in [1.165, 1.54) is 5.56 Å². The molecule has 2 rings (SSSR count). The molecular weight excluding hydrogens is 314 g/mol. The Kier molecular flexibility index (Phi) is 6.39. The second-order valence-electron chi connectivity index (χ2n) is 6.29. The number of aromatic nitrogens is 1. The van der Waals surface area contributed by atoms with Gasteiger partial charge in [0.2, 0.25) is 0 Å². The zero-order chi connectivity index (χ0) is 18.4. The molecule has 25 heavy (non-hydrogen) atoms. The highest BCUT2D eigenvalue weighted by Gasteiger charge is 2.21. The number of amides is 1. The van der Waals surface area contributed by atoms with Gasteiger partial charge < -0.3 is 14.5 Å². The molecule has 0 radical (unpaired) electrons. The predicted molar refractivity (Wildman–Crippen MR) is 101 cm³/mol. The third-order valence-electron chi connectivity index (χ3n) is 4.27.